The Morgan fingerprint density at radius 2 is 1.70 bits per heavy atom. The molecule has 3 aromatic carbocycles. The maximum Gasteiger partial charge on any atom is 0.335 e. The van der Waals surface area contributed by atoms with Crippen LogP contribution >= 0.6 is 23.2 Å². The Morgan fingerprint density at radius 1 is 0.970 bits per heavy atom. The third-order valence-corrected chi connectivity index (χ3v) is 5.68. The SMILES string of the molecule is Cc1ccc(Cl)cc1N1C(=O)NC(=O)/C(=C\c2ccccc2OCc2ccccc2Cl)C1=O. The highest BCUT2D eigenvalue weighted by Crippen LogP contribution is 2.29. The van der Waals surface area contributed by atoms with Crippen LogP contribution in [0.5, 0.6) is 5.75 Å². The van der Waals surface area contributed by atoms with Crippen molar-refractivity contribution in [3.8, 4) is 5.75 Å². The van der Waals surface area contributed by atoms with Gasteiger partial charge in [0.2, 0.25) is 0 Å². The number of hydrogen-bond acceptors (Lipinski definition) is 4. The van der Waals surface area contributed by atoms with Crippen molar-refractivity contribution in [3.63, 3.8) is 0 Å². The second kappa shape index (κ2) is 9.48. The van der Waals surface area contributed by atoms with Gasteiger partial charge in [0.25, 0.3) is 11.8 Å². The van der Waals surface area contributed by atoms with Gasteiger partial charge in [-0.25, -0.2) is 9.69 Å². The van der Waals surface area contributed by atoms with E-state index in [0.717, 1.165) is 10.5 Å². The van der Waals surface area contributed by atoms with E-state index in [0.29, 0.717) is 32.6 Å². The summed E-state index contributed by atoms with van der Waals surface area (Å²) in [4.78, 5) is 39.2. The van der Waals surface area contributed by atoms with E-state index < -0.39 is 17.8 Å². The normalized spacial score (nSPS) is 15.1. The fourth-order valence-corrected chi connectivity index (χ4v) is 3.71. The molecule has 0 aromatic heterocycles. The molecule has 0 saturated carbocycles. The van der Waals surface area contributed by atoms with E-state index in [4.69, 9.17) is 27.9 Å². The summed E-state index contributed by atoms with van der Waals surface area (Å²) in [5.74, 6) is -1.09. The maximum absolute atomic E-state index is 13.2. The number of amides is 4. The van der Waals surface area contributed by atoms with Gasteiger partial charge in [-0.1, -0.05) is 65.7 Å². The molecule has 0 bridgehead atoms. The van der Waals surface area contributed by atoms with Crippen molar-refractivity contribution in [2.45, 2.75) is 13.5 Å². The van der Waals surface area contributed by atoms with Gasteiger partial charge in [-0.15, -0.1) is 0 Å². The molecule has 4 amide bonds. The van der Waals surface area contributed by atoms with Gasteiger partial charge in [0.15, 0.2) is 0 Å². The third-order valence-electron chi connectivity index (χ3n) is 5.07. The molecule has 1 heterocycles. The van der Waals surface area contributed by atoms with Crippen molar-refractivity contribution in [1.82, 2.24) is 5.32 Å². The van der Waals surface area contributed by atoms with Crippen LogP contribution in [0.4, 0.5) is 10.5 Å². The van der Waals surface area contributed by atoms with Gasteiger partial charge in [0.05, 0.1) is 5.69 Å². The highest BCUT2D eigenvalue weighted by Gasteiger charge is 2.37. The average molecular weight is 481 g/mol. The Balaban J connectivity index is 1.67. The molecular weight excluding hydrogens is 463 g/mol. The number of anilines is 1. The number of imide groups is 2. The topological polar surface area (TPSA) is 75.7 Å². The number of nitrogens with zero attached hydrogens (tertiary/aromatic N) is 1. The zero-order valence-corrected chi connectivity index (χ0v) is 19.0. The number of aryl methyl sites for hydroxylation is 1. The van der Waals surface area contributed by atoms with Gasteiger partial charge in [-0.2, -0.15) is 0 Å². The monoisotopic (exact) mass is 480 g/mol. The number of halogens is 2. The Kier molecular flexibility index (Phi) is 6.49. The largest absolute Gasteiger partial charge is 0.488 e. The summed E-state index contributed by atoms with van der Waals surface area (Å²) in [6, 6.07) is 18.3. The molecule has 0 atom stereocenters. The number of nitrogens with one attached hydrogen (secondary N) is 1. The molecule has 0 radical (unpaired) electrons. The second-order valence-electron chi connectivity index (χ2n) is 7.31. The molecule has 1 N–H and O–H groups in total. The first kappa shape index (κ1) is 22.6. The molecule has 0 aliphatic carbocycles. The Labute approximate surface area is 200 Å². The van der Waals surface area contributed by atoms with Crippen LogP contribution in [-0.2, 0) is 16.2 Å². The summed E-state index contributed by atoms with van der Waals surface area (Å²) in [6.07, 6.45) is 1.40. The predicted octanol–water partition coefficient (Wildman–Crippen LogP) is 5.55. The molecule has 166 valence electrons. The van der Waals surface area contributed by atoms with E-state index in [-0.39, 0.29) is 12.2 Å². The van der Waals surface area contributed by atoms with Crippen molar-refractivity contribution >= 4 is 52.8 Å². The molecular formula is C25H18Cl2N2O4. The molecule has 0 unspecified atom stereocenters. The molecule has 0 spiro atoms. The summed E-state index contributed by atoms with van der Waals surface area (Å²) in [7, 11) is 0. The number of benzene rings is 3. The van der Waals surface area contributed by atoms with E-state index in [1.807, 2.05) is 18.2 Å². The molecule has 8 heteroatoms. The number of rotatable bonds is 5. The second-order valence-corrected chi connectivity index (χ2v) is 8.15. The molecule has 4 rings (SSSR count). The number of urea groups is 1. The van der Waals surface area contributed by atoms with Gasteiger partial charge in [0, 0.05) is 21.2 Å². The van der Waals surface area contributed by atoms with Gasteiger partial charge in [0.1, 0.15) is 17.9 Å². The number of carbonyl (C=O) groups is 3. The van der Waals surface area contributed by atoms with Crippen LogP contribution in [0.2, 0.25) is 10.0 Å². The zero-order chi connectivity index (χ0) is 23.5. The van der Waals surface area contributed by atoms with Crippen molar-refractivity contribution < 1.29 is 19.1 Å². The van der Waals surface area contributed by atoms with Crippen LogP contribution in [0, 0.1) is 6.92 Å². The summed E-state index contributed by atoms with van der Waals surface area (Å²) in [5, 5.41) is 3.15. The molecule has 1 aliphatic heterocycles. The summed E-state index contributed by atoms with van der Waals surface area (Å²) >= 11 is 12.3. The first-order valence-corrected chi connectivity index (χ1v) is 10.7. The fourth-order valence-electron chi connectivity index (χ4n) is 3.36. The van der Waals surface area contributed by atoms with Crippen LogP contribution in [0.1, 0.15) is 16.7 Å². The van der Waals surface area contributed by atoms with E-state index in [1.165, 1.54) is 12.1 Å². The van der Waals surface area contributed by atoms with Crippen LogP contribution in [-0.4, -0.2) is 17.8 Å². The summed E-state index contributed by atoms with van der Waals surface area (Å²) in [5.41, 5.74) is 2.04. The standard InChI is InChI=1S/C25H18Cl2N2O4/c1-15-10-11-18(26)13-21(15)29-24(31)19(23(30)28-25(29)32)12-16-6-3-5-9-22(16)33-14-17-7-2-4-8-20(17)27/h2-13H,14H2,1H3,(H,28,30,32)/b19-12+. The van der Waals surface area contributed by atoms with Crippen LogP contribution in [0.15, 0.2) is 72.3 Å². The van der Waals surface area contributed by atoms with Crippen molar-refractivity contribution in [1.29, 1.82) is 0 Å². The van der Waals surface area contributed by atoms with E-state index in [1.54, 1.807) is 49.4 Å². The average Bonchev–Trinajstić information content (AvgIpc) is 2.79. The zero-order valence-electron chi connectivity index (χ0n) is 17.5. The van der Waals surface area contributed by atoms with Gasteiger partial charge in [-0.3, -0.25) is 14.9 Å². The first-order valence-electron chi connectivity index (χ1n) is 9.98. The van der Waals surface area contributed by atoms with Crippen molar-refractivity contribution in [2.24, 2.45) is 0 Å². The Hall–Kier alpha value is -3.61. The lowest BCUT2D eigenvalue weighted by atomic mass is 10.0. The Morgan fingerprint density at radius 3 is 2.48 bits per heavy atom. The summed E-state index contributed by atoms with van der Waals surface area (Å²) in [6.45, 7) is 1.94. The molecule has 1 fully saturated rings. The molecule has 3 aromatic rings. The quantitative estimate of drug-likeness (QED) is 0.383. The smallest absolute Gasteiger partial charge is 0.335 e. The van der Waals surface area contributed by atoms with Crippen LogP contribution in [0.25, 0.3) is 6.08 Å². The lowest BCUT2D eigenvalue weighted by Crippen LogP contribution is -2.54. The highest BCUT2D eigenvalue weighted by atomic mass is 35.5. The van der Waals surface area contributed by atoms with Crippen LogP contribution < -0.4 is 15.0 Å². The lowest BCUT2D eigenvalue weighted by molar-refractivity contribution is -0.122. The van der Waals surface area contributed by atoms with E-state index in [2.05, 4.69) is 5.32 Å². The number of para-hydroxylation sites is 1. The fraction of sp³-hybridized carbons (Fsp3) is 0.0800. The minimum Gasteiger partial charge on any atom is -0.488 e. The van der Waals surface area contributed by atoms with Crippen molar-refractivity contribution in [2.75, 3.05) is 4.90 Å². The summed E-state index contributed by atoms with van der Waals surface area (Å²) < 4.78 is 5.91. The maximum atomic E-state index is 13.2. The molecule has 6 nitrogen and oxygen atoms in total. The predicted molar refractivity (Wildman–Crippen MR) is 127 cm³/mol. The number of carbonyl (C=O) groups excluding carboxylic acids is 3. The van der Waals surface area contributed by atoms with Crippen molar-refractivity contribution in [3.05, 3.63) is 99.0 Å². The molecule has 1 aliphatic rings. The Bertz CT molecular complexity index is 1300. The van der Waals surface area contributed by atoms with Gasteiger partial charge >= 0.3 is 6.03 Å². The lowest BCUT2D eigenvalue weighted by Gasteiger charge is -2.27. The molecule has 33 heavy (non-hydrogen) atoms. The third kappa shape index (κ3) is 4.77. The number of hydrogen-bond donors (Lipinski definition) is 1. The number of barbiturate groups is 1. The number of ether oxygens (including phenoxy) is 1. The minimum atomic E-state index is -0.837. The van der Waals surface area contributed by atoms with Gasteiger partial charge < -0.3 is 4.74 Å². The van der Waals surface area contributed by atoms with E-state index >= 15 is 0 Å². The minimum absolute atomic E-state index is 0.201. The molecule has 1 saturated heterocycles. The highest BCUT2D eigenvalue weighted by molar-refractivity contribution is 6.39. The van der Waals surface area contributed by atoms with Gasteiger partial charge in [-0.05, 0) is 42.8 Å². The van der Waals surface area contributed by atoms with Crippen LogP contribution in [0.3, 0.4) is 0 Å². The first-order chi connectivity index (χ1) is 15.8. The van der Waals surface area contributed by atoms with E-state index in [9.17, 15) is 14.4 Å².